The van der Waals surface area contributed by atoms with Gasteiger partial charge in [0, 0.05) is 20.1 Å². The van der Waals surface area contributed by atoms with E-state index in [9.17, 15) is 13.5 Å². The monoisotopic (exact) mass is 302 g/mol. The zero-order valence-electron chi connectivity index (χ0n) is 12.1. The van der Waals surface area contributed by atoms with E-state index in [0.29, 0.717) is 24.4 Å². The Morgan fingerprint density at radius 2 is 2.20 bits per heavy atom. The highest BCUT2D eigenvalue weighted by Crippen LogP contribution is 2.20. The fraction of sp³-hybridized carbons (Fsp3) is 0.750. The summed E-state index contributed by atoms with van der Waals surface area (Å²) in [7, 11) is -1.95. The number of nitrogens with one attached hydrogen (secondary N) is 2. The van der Waals surface area contributed by atoms with Gasteiger partial charge in [-0.1, -0.05) is 0 Å². The summed E-state index contributed by atoms with van der Waals surface area (Å²) >= 11 is 0. The Hall–Kier alpha value is -0.960. The molecule has 1 aliphatic heterocycles. The van der Waals surface area contributed by atoms with Crippen LogP contribution < -0.4 is 10.0 Å². The second-order valence-electron chi connectivity index (χ2n) is 5.45. The first-order valence-electron chi connectivity index (χ1n) is 6.68. The summed E-state index contributed by atoms with van der Waals surface area (Å²) in [5.41, 5.74) is 0.0324. The molecule has 1 aromatic rings. The van der Waals surface area contributed by atoms with Gasteiger partial charge in [-0.05, 0) is 33.2 Å². The van der Waals surface area contributed by atoms with Gasteiger partial charge in [0.05, 0.1) is 17.0 Å². The average molecular weight is 302 g/mol. The number of hydrogen-bond donors (Lipinski definition) is 3. The summed E-state index contributed by atoms with van der Waals surface area (Å²) in [6.07, 6.45) is 1.43. The Morgan fingerprint density at radius 1 is 1.50 bits per heavy atom. The third-order valence-corrected chi connectivity index (χ3v) is 5.41. The molecule has 2 heterocycles. The van der Waals surface area contributed by atoms with Crippen LogP contribution in [0.2, 0.25) is 0 Å². The smallest absolute Gasteiger partial charge is 0.244 e. The largest absolute Gasteiger partial charge is 0.387 e. The quantitative estimate of drug-likeness (QED) is 0.692. The Labute approximate surface area is 119 Å². The number of rotatable bonds is 4. The molecule has 114 valence electrons. The number of aromatic nitrogens is 2. The molecule has 0 saturated carbocycles. The van der Waals surface area contributed by atoms with Gasteiger partial charge in [0.2, 0.25) is 10.0 Å². The molecule has 1 atom stereocenters. The second kappa shape index (κ2) is 5.44. The maximum Gasteiger partial charge on any atom is 0.244 e. The fourth-order valence-electron chi connectivity index (χ4n) is 2.55. The molecule has 3 N–H and O–H groups in total. The molecule has 1 saturated heterocycles. The van der Waals surface area contributed by atoms with Crippen LogP contribution in [0.1, 0.15) is 24.2 Å². The fourth-order valence-corrected chi connectivity index (χ4v) is 4.10. The first-order valence-corrected chi connectivity index (χ1v) is 8.16. The van der Waals surface area contributed by atoms with E-state index in [0.717, 1.165) is 13.0 Å². The van der Waals surface area contributed by atoms with Crippen LogP contribution in [0.3, 0.4) is 0 Å². The van der Waals surface area contributed by atoms with Gasteiger partial charge in [-0.15, -0.1) is 0 Å². The maximum absolute atomic E-state index is 12.4. The van der Waals surface area contributed by atoms with Crippen LogP contribution in [0.15, 0.2) is 4.90 Å². The highest BCUT2D eigenvalue weighted by Gasteiger charge is 2.32. The van der Waals surface area contributed by atoms with E-state index >= 15 is 0 Å². The Bertz CT molecular complexity index is 588. The SMILES string of the molecule is Cc1nn(C)c(C)c1S(=O)(=O)NC[C@@]1(O)CCCNC1. The number of sulfonamides is 1. The van der Waals surface area contributed by atoms with E-state index in [4.69, 9.17) is 0 Å². The van der Waals surface area contributed by atoms with Crippen LogP contribution in [0.5, 0.6) is 0 Å². The van der Waals surface area contributed by atoms with E-state index in [2.05, 4.69) is 15.1 Å². The van der Waals surface area contributed by atoms with Crippen LogP contribution in [-0.2, 0) is 17.1 Å². The number of aryl methyl sites for hydroxylation is 2. The Morgan fingerprint density at radius 3 is 2.70 bits per heavy atom. The van der Waals surface area contributed by atoms with E-state index in [-0.39, 0.29) is 11.4 Å². The van der Waals surface area contributed by atoms with E-state index in [1.54, 1.807) is 25.6 Å². The molecule has 0 aromatic carbocycles. The summed E-state index contributed by atoms with van der Waals surface area (Å²) in [5.74, 6) is 0. The van der Waals surface area contributed by atoms with E-state index in [1.165, 1.54) is 0 Å². The second-order valence-corrected chi connectivity index (χ2v) is 7.16. The van der Waals surface area contributed by atoms with Gasteiger partial charge in [-0.2, -0.15) is 5.10 Å². The highest BCUT2D eigenvalue weighted by atomic mass is 32.2. The van der Waals surface area contributed by atoms with Crippen molar-refractivity contribution in [3.63, 3.8) is 0 Å². The van der Waals surface area contributed by atoms with Crippen LogP contribution in [-0.4, -0.2) is 48.5 Å². The molecule has 1 fully saturated rings. The van der Waals surface area contributed by atoms with Crippen molar-refractivity contribution in [2.45, 2.75) is 37.2 Å². The van der Waals surface area contributed by atoms with Gasteiger partial charge in [0.1, 0.15) is 4.90 Å². The highest BCUT2D eigenvalue weighted by molar-refractivity contribution is 7.89. The predicted octanol–water partition coefficient (Wildman–Crippen LogP) is -0.570. The summed E-state index contributed by atoms with van der Waals surface area (Å²) in [5, 5.41) is 17.5. The Kier molecular flexibility index (Phi) is 4.19. The molecule has 1 aliphatic rings. The lowest BCUT2D eigenvalue weighted by atomic mass is 9.95. The molecule has 20 heavy (non-hydrogen) atoms. The zero-order valence-corrected chi connectivity index (χ0v) is 12.9. The van der Waals surface area contributed by atoms with Crippen molar-refractivity contribution in [2.75, 3.05) is 19.6 Å². The standard InChI is InChI=1S/C12H22N4O3S/c1-9-11(10(2)16(3)15-9)20(18,19)14-8-12(17)5-4-6-13-7-12/h13-14,17H,4-8H2,1-3H3/t12-/m1/s1. The van der Waals surface area contributed by atoms with Crippen LogP contribution in [0.25, 0.3) is 0 Å². The minimum atomic E-state index is -3.66. The molecule has 8 heteroatoms. The van der Waals surface area contributed by atoms with E-state index < -0.39 is 15.6 Å². The van der Waals surface area contributed by atoms with Gasteiger partial charge in [-0.25, -0.2) is 13.1 Å². The zero-order chi connectivity index (χ0) is 15.0. The number of β-amino-alcohol motifs (C(OH)–C–C–N with tert-alkyl or cyclic N) is 1. The van der Waals surface area contributed by atoms with Crippen molar-refractivity contribution < 1.29 is 13.5 Å². The van der Waals surface area contributed by atoms with Gasteiger partial charge in [0.25, 0.3) is 0 Å². The normalized spacial score (nSPS) is 24.0. The lowest BCUT2D eigenvalue weighted by Crippen LogP contribution is -2.52. The van der Waals surface area contributed by atoms with Crippen molar-refractivity contribution in [3.05, 3.63) is 11.4 Å². The molecule has 0 aliphatic carbocycles. The lowest BCUT2D eigenvalue weighted by molar-refractivity contribution is 0.0218. The summed E-state index contributed by atoms with van der Waals surface area (Å²) in [6.45, 7) is 4.65. The molecule has 2 rings (SSSR count). The molecule has 7 nitrogen and oxygen atoms in total. The summed E-state index contributed by atoms with van der Waals surface area (Å²) in [6, 6.07) is 0. The van der Waals surface area contributed by atoms with Gasteiger partial charge in [0.15, 0.2) is 0 Å². The molecule has 0 bridgehead atoms. The van der Waals surface area contributed by atoms with Crippen LogP contribution >= 0.6 is 0 Å². The van der Waals surface area contributed by atoms with E-state index in [1.807, 2.05) is 0 Å². The van der Waals surface area contributed by atoms with Crippen LogP contribution in [0.4, 0.5) is 0 Å². The third kappa shape index (κ3) is 3.03. The van der Waals surface area contributed by atoms with Crippen molar-refractivity contribution >= 4 is 10.0 Å². The molecule has 0 amide bonds. The van der Waals surface area contributed by atoms with Crippen molar-refractivity contribution in [3.8, 4) is 0 Å². The molecule has 0 spiro atoms. The van der Waals surface area contributed by atoms with Crippen molar-refractivity contribution in [1.29, 1.82) is 0 Å². The molecular formula is C12H22N4O3S. The molecule has 0 unspecified atom stereocenters. The molecule has 1 aromatic heterocycles. The predicted molar refractivity (Wildman–Crippen MR) is 74.9 cm³/mol. The lowest BCUT2D eigenvalue weighted by Gasteiger charge is -2.32. The van der Waals surface area contributed by atoms with Gasteiger partial charge < -0.3 is 10.4 Å². The minimum Gasteiger partial charge on any atom is -0.387 e. The first-order chi connectivity index (χ1) is 9.25. The number of hydrogen-bond acceptors (Lipinski definition) is 5. The van der Waals surface area contributed by atoms with Gasteiger partial charge >= 0.3 is 0 Å². The topological polar surface area (TPSA) is 96.2 Å². The van der Waals surface area contributed by atoms with Gasteiger partial charge in [-0.3, -0.25) is 4.68 Å². The van der Waals surface area contributed by atoms with Crippen molar-refractivity contribution in [1.82, 2.24) is 19.8 Å². The van der Waals surface area contributed by atoms with Crippen LogP contribution in [0, 0.1) is 13.8 Å². The molecular weight excluding hydrogens is 280 g/mol. The summed E-state index contributed by atoms with van der Waals surface area (Å²) in [4.78, 5) is 0.201. The Balaban J connectivity index is 2.15. The number of nitrogens with zero attached hydrogens (tertiary/aromatic N) is 2. The first kappa shape index (κ1) is 15.4. The minimum absolute atomic E-state index is 0.0100. The molecule has 0 radical (unpaired) electrons. The summed E-state index contributed by atoms with van der Waals surface area (Å²) < 4.78 is 28.8. The third-order valence-electron chi connectivity index (χ3n) is 3.75. The maximum atomic E-state index is 12.4. The number of piperidine rings is 1. The van der Waals surface area contributed by atoms with Crippen molar-refractivity contribution in [2.24, 2.45) is 7.05 Å². The number of aliphatic hydroxyl groups is 1. The average Bonchev–Trinajstić information content (AvgIpc) is 2.63.